The van der Waals surface area contributed by atoms with Crippen molar-refractivity contribution < 1.29 is 14.0 Å². The van der Waals surface area contributed by atoms with E-state index in [0.29, 0.717) is 16.8 Å². The number of aromatic nitrogens is 3. The summed E-state index contributed by atoms with van der Waals surface area (Å²) in [6.07, 6.45) is -0.0119. The fraction of sp³-hybridized carbons (Fsp3) is 0.100. The maximum absolute atomic E-state index is 12.2. The molecule has 0 fully saturated rings. The van der Waals surface area contributed by atoms with E-state index in [1.807, 2.05) is 30.3 Å². The molecular weight excluding hydrogens is 374 g/mol. The zero-order chi connectivity index (χ0) is 20.2. The van der Waals surface area contributed by atoms with Crippen LogP contribution in [0.4, 0.5) is 0 Å². The van der Waals surface area contributed by atoms with Crippen molar-refractivity contribution >= 4 is 22.9 Å². The van der Waals surface area contributed by atoms with Crippen LogP contribution in [0, 0.1) is 0 Å². The molecule has 0 saturated carbocycles. The van der Waals surface area contributed by atoms with Gasteiger partial charge in [-0.2, -0.15) is 5.10 Å². The summed E-state index contributed by atoms with van der Waals surface area (Å²) in [6.45, 7) is 0.125. The molecule has 0 saturated heterocycles. The second kappa shape index (κ2) is 7.85. The van der Waals surface area contributed by atoms with E-state index in [4.69, 9.17) is 4.42 Å². The quantitative estimate of drug-likeness (QED) is 0.448. The van der Waals surface area contributed by atoms with Gasteiger partial charge in [0.25, 0.3) is 5.91 Å². The van der Waals surface area contributed by atoms with Gasteiger partial charge in [0.15, 0.2) is 5.58 Å². The Morgan fingerprint density at radius 1 is 1.03 bits per heavy atom. The molecule has 2 aromatic heterocycles. The van der Waals surface area contributed by atoms with Crippen LogP contribution >= 0.6 is 0 Å². The third-order valence-corrected chi connectivity index (χ3v) is 4.34. The number of nitrogens with one attached hydrogen (secondary N) is 3. The van der Waals surface area contributed by atoms with Gasteiger partial charge in [-0.15, -0.1) is 0 Å². The largest absolute Gasteiger partial charge is 0.419 e. The van der Waals surface area contributed by atoms with Crippen LogP contribution < -0.4 is 16.6 Å². The first-order valence-electron chi connectivity index (χ1n) is 8.90. The van der Waals surface area contributed by atoms with Crippen molar-refractivity contribution in [3.05, 3.63) is 76.9 Å². The number of para-hydroxylation sites is 2. The Morgan fingerprint density at radius 3 is 2.62 bits per heavy atom. The normalized spacial score (nSPS) is 10.8. The van der Waals surface area contributed by atoms with Gasteiger partial charge >= 0.3 is 5.76 Å². The van der Waals surface area contributed by atoms with Gasteiger partial charge in [0.1, 0.15) is 5.69 Å². The summed E-state index contributed by atoms with van der Waals surface area (Å²) in [4.78, 5) is 36.1. The van der Waals surface area contributed by atoms with Crippen LogP contribution in [0.15, 0.2) is 69.9 Å². The summed E-state index contributed by atoms with van der Waals surface area (Å²) in [5.41, 5.74) is 7.42. The van der Waals surface area contributed by atoms with Crippen LogP contribution in [0.3, 0.4) is 0 Å². The Hall–Kier alpha value is -4.14. The van der Waals surface area contributed by atoms with Crippen molar-refractivity contribution in [2.45, 2.75) is 13.0 Å². The van der Waals surface area contributed by atoms with Crippen LogP contribution in [-0.4, -0.2) is 26.6 Å². The van der Waals surface area contributed by atoms with Crippen molar-refractivity contribution in [1.29, 1.82) is 0 Å². The van der Waals surface area contributed by atoms with Crippen LogP contribution in [0.5, 0.6) is 0 Å². The fourth-order valence-corrected chi connectivity index (χ4v) is 2.89. The molecule has 2 aromatic carbocycles. The number of carbonyl (C=O) groups excluding carboxylic acids is 2. The number of hydrazine groups is 1. The highest BCUT2D eigenvalue weighted by atomic mass is 16.4. The lowest BCUT2D eigenvalue weighted by molar-refractivity contribution is -0.122. The molecule has 9 heteroatoms. The first-order chi connectivity index (χ1) is 14.1. The Labute approximate surface area is 164 Å². The molecule has 4 rings (SSSR count). The van der Waals surface area contributed by atoms with Crippen LogP contribution in [0.1, 0.15) is 16.9 Å². The number of amides is 2. The van der Waals surface area contributed by atoms with E-state index in [9.17, 15) is 14.4 Å². The predicted molar refractivity (Wildman–Crippen MR) is 105 cm³/mol. The Balaban J connectivity index is 1.33. The van der Waals surface area contributed by atoms with Gasteiger partial charge in [0, 0.05) is 18.5 Å². The van der Waals surface area contributed by atoms with Crippen LogP contribution in [-0.2, 0) is 11.3 Å². The average molecular weight is 391 g/mol. The lowest BCUT2D eigenvalue weighted by Gasteiger charge is -2.06. The van der Waals surface area contributed by atoms with Crippen molar-refractivity contribution in [2.75, 3.05) is 0 Å². The molecule has 0 aliphatic carbocycles. The van der Waals surface area contributed by atoms with E-state index in [0.717, 1.165) is 5.56 Å². The number of hydrogen-bond acceptors (Lipinski definition) is 5. The Kier molecular flexibility index (Phi) is 4.93. The molecule has 146 valence electrons. The monoisotopic (exact) mass is 391 g/mol. The van der Waals surface area contributed by atoms with Crippen molar-refractivity contribution in [2.24, 2.45) is 0 Å². The summed E-state index contributed by atoms with van der Waals surface area (Å²) in [5.74, 6) is -1.51. The van der Waals surface area contributed by atoms with Gasteiger partial charge in [0.05, 0.1) is 11.2 Å². The predicted octanol–water partition coefficient (Wildman–Crippen LogP) is 1.84. The number of fused-ring (bicyclic) bond motifs is 1. The molecule has 0 atom stereocenters. The summed E-state index contributed by atoms with van der Waals surface area (Å²) in [6, 6.07) is 17.9. The van der Waals surface area contributed by atoms with Crippen LogP contribution in [0.25, 0.3) is 22.4 Å². The SMILES string of the molecule is O=C(CCn1c(=O)oc2ccccc21)NNC(=O)c1cc(-c2ccccc2)n[nH]1. The van der Waals surface area contributed by atoms with E-state index in [-0.39, 0.29) is 18.7 Å². The highest BCUT2D eigenvalue weighted by molar-refractivity contribution is 5.94. The minimum atomic E-state index is -0.533. The molecule has 0 bridgehead atoms. The van der Waals surface area contributed by atoms with E-state index >= 15 is 0 Å². The number of aryl methyl sites for hydroxylation is 1. The van der Waals surface area contributed by atoms with E-state index in [1.165, 1.54) is 4.57 Å². The third-order valence-electron chi connectivity index (χ3n) is 4.34. The average Bonchev–Trinajstić information content (AvgIpc) is 3.35. The summed E-state index contributed by atoms with van der Waals surface area (Å²) < 4.78 is 6.49. The maximum atomic E-state index is 12.2. The number of benzene rings is 2. The molecule has 0 unspecified atom stereocenters. The molecule has 9 nitrogen and oxygen atoms in total. The van der Waals surface area contributed by atoms with Gasteiger partial charge in [-0.05, 0) is 18.2 Å². The molecule has 0 aliphatic heterocycles. The Morgan fingerprint density at radius 2 is 1.79 bits per heavy atom. The number of oxazole rings is 1. The number of rotatable bonds is 5. The molecule has 0 aliphatic rings. The van der Waals surface area contributed by atoms with Gasteiger partial charge in [-0.1, -0.05) is 42.5 Å². The molecule has 29 heavy (non-hydrogen) atoms. The summed E-state index contributed by atoms with van der Waals surface area (Å²) in [5, 5.41) is 6.73. The topological polar surface area (TPSA) is 122 Å². The standard InChI is InChI=1S/C20H17N5O4/c26-18(10-11-25-16-8-4-5-9-17(16)29-20(25)28)23-24-19(27)15-12-14(21-22-15)13-6-2-1-3-7-13/h1-9,12H,10-11H2,(H,21,22)(H,23,26)(H,24,27). The summed E-state index contributed by atoms with van der Waals surface area (Å²) in [7, 11) is 0. The van der Waals surface area contributed by atoms with Gasteiger partial charge in [-0.25, -0.2) is 4.79 Å². The molecule has 2 amide bonds. The number of H-pyrrole nitrogens is 1. The molecule has 2 heterocycles. The van der Waals surface area contributed by atoms with Gasteiger partial charge < -0.3 is 4.42 Å². The molecule has 4 aromatic rings. The lowest BCUT2D eigenvalue weighted by atomic mass is 10.1. The van der Waals surface area contributed by atoms with Crippen molar-refractivity contribution in [1.82, 2.24) is 25.6 Å². The zero-order valence-electron chi connectivity index (χ0n) is 15.2. The first-order valence-corrected chi connectivity index (χ1v) is 8.90. The minimum Gasteiger partial charge on any atom is -0.408 e. The second-order valence-electron chi connectivity index (χ2n) is 6.27. The van der Waals surface area contributed by atoms with E-state index < -0.39 is 17.6 Å². The smallest absolute Gasteiger partial charge is 0.408 e. The molecule has 0 spiro atoms. The Bertz CT molecular complexity index is 1220. The van der Waals surface area contributed by atoms with Crippen molar-refractivity contribution in [3.8, 4) is 11.3 Å². The molecular formula is C20H17N5O4. The van der Waals surface area contributed by atoms with Gasteiger partial charge in [-0.3, -0.25) is 30.1 Å². The van der Waals surface area contributed by atoms with E-state index in [2.05, 4.69) is 21.0 Å². The second-order valence-corrected chi connectivity index (χ2v) is 6.27. The number of hydrogen-bond donors (Lipinski definition) is 3. The first kappa shape index (κ1) is 18.2. The highest BCUT2D eigenvalue weighted by Crippen LogP contribution is 2.16. The van der Waals surface area contributed by atoms with Crippen LogP contribution in [0.2, 0.25) is 0 Å². The third kappa shape index (κ3) is 3.93. The zero-order valence-corrected chi connectivity index (χ0v) is 15.2. The number of nitrogens with zero attached hydrogens (tertiary/aromatic N) is 2. The highest BCUT2D eigenvalue weighted by Gasteiger charge is 2.13. The molecule has 3 N–H and O–H groups in total. The number of aromatic amines is 1. The van der Waals surface area contributed by atoms with Crippen molar-refractivity contribution in [3.63, 3.8) is 0 Å². The minimum absolute atomic E-state index is 0.0119. The van der Waals surface area contributed by atoms with E-state index in [1.54, 1.807) is 30.3 Å². The fourth-order valence-electron chi connectivity index (χ4n) is 2.89. The molecule has 0 radical (unpaired) electrons. The van der Waals surface area contributed by atoms with Gasteiger partial charge in [0.2, 0.25) is 5.91 Å². The lowest BCUT2D eigenvalue weighted by Crippen LogP contribution is -2.42. The maximum Gasteiger partial charge on any atom is 0.419 e. The number of carbonyl (C=O) groups is 2. The summed E-state index contributed by atoms with van der Waals surface area (Å²) >= 11 is 0.